The zero-order valence-corrected chi connectivity index (χ0v) is 10.6. The van der Waals surface area contributed by atoms with E-state index in [0.29, 0.717) is 13.2 Å². The van der Waals surface area contributed by atoms with Crippen LogP contribution in [0, 0.1) is 0 Å². The first-order valence-electron chi connectivity index (χ1n) is 5.74. The number of morpholine rings is 1. The van der Waals surface area contributed by atoms with Crippen molar-refractivity contribution in [2.75, 3.05) is 26.0 Å². The average molecular weight is 249 g/mol. The van der Waals surface area contributed by atoms with Crippen LogP contribution >= 0.6 is 0 Å². The molecule has 6 heteroatoms. The summed E-state index contributed by atoms with van der Waals surface area (Å²) in [6.07, 6.45) is 1.67. The van der Waals surface area contributed by atoms with E-state index in [2.05, 4.69) is 0 Å². The second-order valence-corrected chi connectivity index (χ2v) is 6.48. The van der Waals surface area contributed by atoms with Crippen LogP contribution in [0.15, 0.2) is 0 Å². The van der Waals surface area contributed by atoms with Crippen LogP contribution in [-0.4, -0.2) is 57.0 Å². The van der Waals surface area contributed by atoms with Crippen molar-refractivity contribution in [1.82, 2.24) is 4.31 Å². The molecule has 0 bridgehead atoms. The van der Waals surface area contributed by atoms with E-state index in [0.717, 1.165) is 12.8 Å². The number of sulfonamides is 1. The third-order valence-corrected chi connectivity index (χ3v) is 5.41. The number of ether oxygens (including phenoxy) is 2. The van der Waals surface area contributed by atoms with E-state index in [-0.39, 0.29) is 24.0 Å². The molecule has 0 aromatic heterocycles. The number of rotatable bonds is 3. The third-order valence-electron chi connectivity index (χ3n) is 3.51. The van der Waals surface area contributed by atoms with Crippen molar-refractivity contribution in [2.45, 2.75) is 38.0 Å². The van der Waals surface area contributed by atoms with Crippen LogP contribution in [0.25, 0.3) is 0 Å². The van der Waals surface area contributed by atoms with Crippen LogP contribution in [0.4, 0.5) is 0 Å². The monoisotopic (exact) mass is 249 g/mol. The predicted molar refractivity (Wildman–Crippen MR) is 59.7 cm³/mol. The second kappa shape index (κ2) is 4.60. The molecule has 16 heavy (non-hydrogen) atoms. The molecule has 2 fully saturated rings. The van der Waals surface area contributed by atoms with E-state index < -0.39 is 10.0 Å². The maximum Gasteiger partial charge on any atom is 0.214 e. The Morgan fingerprint density at radius 2 is 2.19 bits per heavy atom. The van der Waals surface area contributed by atoms with Gasteiger partial charge in [0.1, 0.15) is 6.10 Å². The fourth-order valence-corrected chi connectivity index (χ4v) is 3.97. The fourth-order valence-electron chi connectivity index (χ4n) is 2.65. The highest BCUT2D eigenvalue weighted by Gasteiger charge is 2.46. The van der Waals surface area contributed by atoms with Crippen molar-refractivity contribution >= 4 is 10.0 Å². The number of nitrogens with zero attached hydrogens (tertiary/aromatic N) is 1. The Labute approximate surface area is 96.8 Å². The van der Waals surface area contributed by atoms with Gasteiger partial charge < -0.3 is 9.47 Å². The SMILES string of the molecule is CCS(=O)(=O)N1CCO[C@H]2[C@H](OC)CC[C@@H]21. The summed E-state index contributed by atoms with van der Waals surface area (Å²) in [5, 5.41) is 0. The first-order valence-corrected chi connectivity index (χ1v) is 7.35. The standard InChI is InChI=1S/C10H19NO4S/c1-3-16(12,13)11-6-7-15-10-8(11)4-5-9(10)14-2/h8-10H,3-7H2,1-2H3/t8-,9+,10+/m0/s1. The minimum absolute atomic E-state index is 0.0244. The van der Waals surface area contributed by atoms with Gasteiger partial charge in [-0.1, -0.05) is 0 Å². The molecular weight excluding hydrogens is 230 g/mol. The molecule has 0 spiro atoms. The molecule has 1 aliphatic heterocycles. The van der Waals surface area contributed by atoms with Crippen LogP contribution in [0.5, 0.6) is 0 Å². The lowest BCUT2D eigenvalue weighted by Gasteiger charge is -2.37. The molecule has 1 aliphatic carbocycles. The van der Waals surface area contributed by atoms with Gasteiger partial charge in [0.2, 0.25) is 10.0 Å². The normalized spacial score (nSPS) is 36.2. The number of hydrogen-bond donors (Lipinski definition) is 0. The van der Waals surface area contributed by atoms with Crippen LogP contribution in [-0.2, 0) is 19.5 Å². The summed E-state index contributed by atoms with van der Waals surface area (Å²) in [4.78, 5) is 0. The maximum atomic E-state index is 11.9. The Bertz CT molecular complexity index is 343. The van der Waals surface area contributed by atoms with E-state index in [1.165, 1.54) is 0 Å². The molecule has 1 saturated heterocycles. The lowest BCUT2D eigenvalue weighted by molar-refractivity contribution is -0.0848. The highest BCUT2D eigenvalue weighted by atomic mass is 32.2. The topological polar surface area (TPSA) is 55.8 Å². The van der Waals surface area contributed by atoms with Gasteiger partial charge in [0, 0.05) is 13.7 Å². The van der Waals surface area contributed by atoms with Crippen LogP contribution in [0.3, 0.4) is 0 Å². The Hall–Kier alpha value is -0.170. The molecule has 1 saturated carbocycles. The number of fused-ring (bicyclic) bond motifs is 1. The Balaban J connectivity index is 2.18. The molecule has 5 nitrogen and oxygen atoms in total. The highest BCUT2D eigenvalue weighted by Crippen LogP contribution is 2.33. The molecule has 2 aliphatic rings. The molecular formula is C10H19NO4S. The van der Waals surface area contributed by atoms with E-state index in [4.69, 9.17) is 9.47 Å². The van der Waals surface area contributed by atoms with Crippen LogP contribution in [0.2, 0.25) is 0 Å². The third kappa shape index (κ3) is 1.99. The molecule has 2 rings (SSSR count). The Morgan fingerprint density at radius 1 is 1.44 bits per heavy atom. The zero-order valence-electron chi connectivity index (χ0n) is 9.76. The molecule has 0 N–H and O–H groups in total. The predicted octanol–water partition coefficient (Wildman–Crippen LogP) is 0.214. The highest BCUT2D eigenvalue weighted by molar-refractivity contribution is 7.89. The van der Waals surface area contributed by atoms with Gasteiger partial charge in [0.15, 0.2) is 0 Å². The van der Waals surface area contributed by atoms with Crippen molar-refractivity contribution in [1.29, 1.82) is 0 Å². The maximum absolute atomic E-state index is 11.9. The largest absolute Gasteiger partial charge is 0.379 e. The quantitative estimate of drug-likeness (QED) is 0.717. The van der Waals surface area contributed by atoms with E-state index in [1.807, 2.05) is 0 Å². The van der Waals surface area contributed by atoms with E-state index >= 15 is 0 Å². The average Bonchev–Trinajstić information content (AvgIpc) is 2.71. The van der Waals surface area contributed by atoms with Crippen molar-refractivity contribution in [3.63, 3.8) is 0 Å². The first-order chi connectivity index (χ1) is 7.60. The summed E-state index contributed by atoms with van der Waals surface area (Å²) in [6.45, 7) is 2.64. The summed E-state index contributed by atoms with van der Waals surface area (Å²) < 4.78 is 36.4. The minimum atomic E-state index is -3.11. The van der Waals surface area contributed by atoms with Gasteiger partial charge in [0.05, 0.1) is 24.5 Å². The lowest BCUT2D eigenvalue weighted by atomic mass is 10.2. The van der Waals surface area contributed by atoms with Crippen LogP contribution < -0.4 is 0 Å². The molecule has 3 atom stereocenters. The second-order valence-electron chi connectivity index (χ2n) is 4.27. The zero-order chi connectivity index (χ0) is 11.8. The van der Waals surface area contributed by atoms with Gasteiger partial charge in [-0.2, -0.15) is 4.31 Å². The molecule has 0 amide bonds. The van der Waals surface area contributed by atoms with Crippen molar-refractivity contribution in [2.24, 2.45) is 0 Å². The van der Waals surface area contributed by atoms with Crippen LogP contribution in [0.1, 0.15) is 19.8 Å². The van der Waals surface area contributed by atoms with Gasteiger partial charge in [0.25, 0.3) is 0 Å². The minimum Gasteiger partial charge on any atom is -0.379 e. The van der Waals surface area contributed by atoms with Crippen molar-refractivity contribution in [3.8, 4) is 0 Å². The van der Waals surface area contributed by atoms with Gasteiger partial charge >= 0.3 is 0 Å². The van der Waals surface area contributed by atoms with E-state index in [1.54, 1.807) is 18.3 Å². The summed E-state index contributed by atoms with van der Waals surface area (Å²) in [6, 6.07) is -0.0244. The van der Waals surface area contributed by atoms with E-state index in [9.17, 15) is 8.42 Å². The molecule has 0 aromatic carbocycles. The van der Waals surface area contributed by atoms with Gasteiger partial charge in [-0.3, -0.25) is 0 Å². The van der Waals surface area contributed by atoms with Crippen molar-refractivity contribution in [3.05, 3.63) is 0 Å². The summed E-state index contributed by atoms with van der Waals surface area (Å²) in [5.74, 6) is 0.161. The van der Waals surface area contributed by atoms with Gasteiger partial charge in [-0.25, -0.2) is 8.42 Å². The number of methoxy groups -OCH3 is 1. The summed E-state index contributed by atoms with van der Waals surface area (Å²) >= 11 is 0. The summed E-state index contributed by atoms with van der Waals surface area (Å²) in [7, 11) is -1.45. The number of hydrogen-bond acceptors (Lipinski definition) is 4. The van der Waals surface area contributed by atoms with Crippen molar-refractivity contribution < 1.29 is 17.9 Å². The summed E-state index contributed by atoms with van der Waals surface area (Å²) in [5.41, 5.74) is 0. The smallest absolute Gasteiger partial charge is 0.214 e. The Morgan fingerprint density at radius 3 is 2.81 bits per heavy atom. The molecule has 0 radical (unpaired) electrons. The molecule has 94 valence electrons. The van der Waals surface area contributed by atoms with Gasteiger partial charge in [-0.05, 0) is 19.8 Å². The molecule has 0 aromatic rings. The fraction of sp³-hybridized carbons (Fsp3) is 1.00. The van der Waals surface area contributed by atoms with Gasteiger partial charge in [-0.15, -0.1) is 0 Å². The lowest BCUT2D eigenvalue weighted by Crippen LogP contribution is -2.54. The first kappa shape index (κ1) is 12.3. The molecule has 1 heterocycles. The molecule has 0 unspecified atom stereocenters. The Kier molecular flexibility index (Phi) is 3.53.